The Labute approximate surface area is 96.3 Å². The van der Waals surface area contributed by atoms with Crippen molar-refractivity contribution < 1.29 is 9.53 Å². The van der Waals surface area contributed by atoms with E-state index < -0.39 is 0 Å². The Morgan fingerprint density at radius 1 is 1.25 bits per heavy atom. The number of carbonyl (C=O) groups excluding carboxylic acids is 1. The molecule has 4 heteroatoms. The fraction of sp³-hybridized carbons (Fsp3) is 0.917. The van der Waals surface area contributed by atoms with E-state index in [-0.39, 0.29) is 12.0 Å². The highest BCUT2D eigenvalue weighted by Crippen LogP contribution is 2.43. The molecule has 3 fully saturated rings. The maximum atomic E-state index is 12.4. The zero-order valence-electron chi connectivity index (χ0n) is 9.82. The quantitative estimate of drug-likeness (QED) is 0.693. The number of hydrogen-bond donors (Lipinski definition) is 1. The van der Waals surface area contributed by atoms with Crippen molar-refractivity contribution in [3.05, 3.63) is 0 Å². The molecule has 3 aliphatic heterocycles. The van der Waals surface area contributed by atoms with Crippen molar-refractivity contribution in [3.8, 4) is 0 Å². The van der Waals surface area contributed by atoms with Gasteiger partial charge in [0.2, 0.25) is 5.91 Å². The summed E-state index contributed by atoms with van der Waals surface area (Å²) in [6.45, 7) is 5.76. The fourth-order valence-electron chi connectivity index (χ4n) is 3.39. The average Bonchev–Trinajstić information content (AvgIpc) is 2.90. The van der Waals surface area contributed by atoms with Crippen molar-refractivity contribution in [3.63, 3.8) is 0 Å². The summed E-state index contributed by atoms with van der Waals surface area (Å²) < 4.78 is 5.85. The summed E-state index contributed by atoms with van der Waals surface area (Å²) in [5, 5.41) is 3.28. The molecule has 3 heterocycles. The van der Waals surface area contributed by atoms with Gasteiger partial charge in [0, 0.05) is 26.2 Å². The van der Waals surface area contributed by atoms with Crippen LogP contribution in [0.5, 0.6) is 0 Å². The van der Waals surface area contributed by atoms with Crippen LogP contribution in [-0.2, 0) is 9.53 Å². The van der Waals surface area contributed by atoms with Crippen molar-refractivity contribution in [2.75, 3.05) is 26.2 Å². The van der Waals surface area contributed by atoms with Crippen LogP contribution < -0.4 is 5.32 Å². The first-order valence-electron chi connectivity index (χ1n) is 6.42. The fourth-order valence-corrected chi connectivity index (χ4v) is 3.39. The van der Waals surface area contributed by atoms with Crippen molar-refractivity contribution >= 4 is 5.91 Å². The van der Waals surface area contributed by atoms with E-state index in [0.717, 1.165) is 39.0 Å². The van der Waals surface area contributed by atoms with Gasteiger partial charge in [0.05, 0.1) is 18.1 Å². The monoisotopic (exact) mass is 224 g/mol. The number of carbonyl (C=O) groups is 1. The number of ether oxygens (including phenoxy) is 1. The molecule has 0 aromatic heterocycles. The smallest absolute Gasteiger partial charge is 0.228 e. The summed E-state index contributed by atoms with van der Waals surface area (Å²) in [5.74, 6) is 0.888. The van der Waals surface area contributed by atoms with E-state index >= 15 is 0 Å². The standard InChI is InChI=1S/C12H20N2O2/c1-8-9-2-3-10(16-9)11(8)12(15)14-6-4-13-5-7-14/h8-11,13H,2-7H2,1H3/t8?,9-,10+,11?/m1/s1. The Morgan fingerprint density at radius 3 is 2.56 bits per heavy atom. The molecule has 1 amide bonds. The Kier molecular flexibility index (Phi) is 2.64. The molecule has 0 radical (unpaired) electrons. The molecule has 2 unspecified atom stereocenters. The summed E-state index contributed by atoms with van der Waals surface area (Å²) in [4.78, 5) is 14.4. The summed E-state index contributed by atoms with van der Waals surface area (Å²) in [7, 11) is 0. The SMILES string of the molecule is CC1C(C(=O)N2CCNCC2)[C@@H]2CC[C@H]1O2. The van der Waals surface area contributed by atoms with Gasteiger partial charge >= 0.3 is 0 Å². The first kappa shape index (κ1) is 10.5. The van der Waals surface area contributed by atoms with Gasteiger partial charge in [-0.05, 0) is 18.8 Å². The Balaban J connectivity index is 1.70. The van der Waals surface area contributed by atoms with Crippen molar-refractivity contribution in [1.29, 1.82) is 0 Å². The second-order valence-corrected chi connectivity index (χ2v) is 5.25. The molecule has 3 aliphatic rings. The molecule has 90 valence electrons. The Hall–Kier alpha value is -0.610. The van der Waals surface area contributed by atoms with E-state index in [0.29, 0.717) is 17.9 Å². The van der Waals surface area contributed by atoms with Crippen LogP contribution in [0.4, 0.5) is 0 Å². The minimum Gasteiger partial charge on any atom is -0.374 e. The predicted octanol–water partition coefficient (Wildman–Crippen LogP) is 0.232. The number of amides is 1. The second-order valence-electron chi connectivity index (χ2n) is 5.25. The van der Waals surface area contributed by atoms with E-state index in [1.807, 2.05) is 4.90 Å². The lowest BCUT2D eigenvalue weighted by atomic mass is 9.79. The molecule has 3 saturated heterocycles. The summed E-state index contributed by atoms with van der Waals surface area (Å²) in [6, 6.07) is 0. The molecule has 0 aliphatic carbocycles. The second kappa shape index (κ2) is 4.00. The highest BCUT2D eigenvalue weighted by atomic mass is 16.5. The first-order chi connectivity index (χ1) is 7.77. The number of nitrogens with zero attached hydrogens (tertiary/aromatic N) is 1. The van der Waals surface area contributed by atoms with E-state index in [9.17, 15) is 4.79 Å². The molecule has 1 N–H and O–H groups in total. The molecule has 0 saturated carbocycles. The van der Waals surface area contributed by atoms with E-state index in [1.54, 1.807) is 0 Å². The maximum absolute atomic E-state index is 12.4. The van der Waals surface area contributed by atoms with Gasteiger partial charge in [-0.2, -0.15) is 0 Å². The lowest BCUT2D eigenvalue weighted by molar-refractivity contribution is -0.138. The van der Waals surface area contributed by atoms with E-state index in [4.69, 9.17) is 4.74 Å². The highest BCUT2D eigenvalue weighted by molar-refractivity contribution is 5.80. The third-order valence-corrected chi connectivity index (χ3v) is 4.35. The van der Waals surface area contributed by atoms with Crippen LogP contribution in [-0.4, -0.2) is 49.2 Å². The van der Waals surface area contributed by atoms with E-state index in [1.165, 1.54) is 0 Å². The van der Waals surface area contributed by atoms with Gasteiger partial charge in [0.25, 0.3) is 0 Å². The minimum absolute atomic E-state index is 0.136. The predicted molar refractivity (Wildman–Crippen MR) is 60.0 cm³/mol. The molecular weight excluding hydrogens is 204 g/mol. The van der Waals surface area contributed by atoms with E-state index in [2.05, 4.69) is 12.2 Å². The third kappa shape index (κ3) is 1.55. The third-order valence-electron chi connectivity index (χ3n) is 4.35. The lowest BCUT2D eigenvalue weighted by Crippen LogP contribution is -2.51. The largest absolute Gasteiger partial charge is 0.374 e. The molecule has 16 heavy (non-hydrogen) atoms. The van der Waals surface area contributed by atoms with Crippen molar-refractivity contribution in [1.82, 2.24) is 10.2 Å². The number of hydrogen-bond acceptors (Lipinski definition) is 3. The topological polar surface area (TPSA) is 41.6 Å². The van der Waals surface area contributed by atoms with Crippen LogP contribution in [0.3, 0.4) is 0 Å². The highest BCUT2D eigenvalue weighted by Gasteiger charge is 2.50. The van der Waals surface area contributed by atoms with Gasteiger partial charge in [-0.25, -0.2) is 0 Å². The van der Waals surface area contributed by atoms with Crippen LogP contribution in [0.25, 0.3) is 0 Å². The minimum atomic E-state index is 0.136. The van der Waals surface area contributed by atoms with Crippen LogP contribution in [0.15, 0.2) is 0 Å². The van der Waals surface area contributed by atoms with Gasteiger partial charge < -0.3 is 15.0 Å². The normalized spacial score (nSPS) is 42.7. The van der Waals surface area contributed by atoms with Crippen LogP contribution >= 0.6 is 0 Å². The lowest BCUT2D eigenvalue weighted by Gasteiger charge is -2.33. The molecule has 4 atom stereocenters. The zero-order valence-corrected chi connectivity index (χ0v) is 9.82. The zero-order chi connectivity index (χ0) is 11.1. The summed E-state index contributed by atoms with van der Waals surface area (Å²) >= 11 is 0. The van der Waals surface area contributed by atoms with Gasteiger partial charge in [-0.15, -0.1) is 0 Å². The Morgan fingerprint density at radius 2 is 1.94 bits per heavy atom. The summed E-state index contributed by atoms with van der Waals surface area (Å²) in [5.41, 5.74) is 0. The number of nitrogens with one attached hydrogen (secondary N) is 1. The average molecular weight is 224 g/mol. The van der Waals surface area contributed by atoms with Crippen LogP contribution in [0.2, 0.25) is 0 Å². The van der Waals surface area contributed by atoms with Gasteiger partial charge in [-0.1, -0.05) is 6.92 Å². The molecule has 2 bridgehead atoms. The maximum Gasteiger partial charge on any atom is 0.228 e. The molecule has 0 spiro atoms. The number of rotatable bonds is 1. The van der Waals surface area contributed by atoms with Crippen LogP contribution in [0.1, 0.15) is 19.8 Å². The van der Waals surface area contributed by atoms with Gasteiger partial charge in [-0.3, -0.25) is 4.79 Å². The molecule has 0 aromatic carbocycles. The van der Waals surface area contributed by atoms with Gasteiger partial charge in [0.15, 0.2) is 0 Å². The van der Waals surface area contributed by atoms with Gasteiger partial charge in [0.1, 0.15) is 0 Å². The molecule has 3 rings (SSSR count). The summed E-state index contributed by atoms with van der Waals surface area (Å²) in [6.07, 6.45) is 2.79. The van der Waals surface area contributed by atoms with Crippen molar-refractivity contribution in [2.45, 2.75) is 32.0 Å². The first-order valence-corrected chi connectivity index (χ1v) is 6.42. The Bertz CT molecular complexity index is 287. The molecular formula is C12H20N2O2. The molecule has 4 nitrogen and oxygen atoms in total. The van der Waals surface area contributed by atoms with Crippen molar-refractivity contribution in [2.24, 2.45) is 11.8 Å². The number of piperazine rings is 1. The molecule has 0 aromatic rings. The number of fused-ring (bicyclic) bond motifs is 2. The van der Waals surface area contributed by atoms with Crippen LogP contribution in [0, 0.1) is 11.8 Å².